The van der Waals surface area contributed by atoms with Crippen LogP contribution in [0.4, 0.5) is 5.69 Å². The average molecular weight is 596 g/mol. The summed E-state index contributed by atoms with van der Waals surface area (Å²) in [4.78, 5) is 26.6. The minimum atomic E-state index is -0.804. The van der Waals surface area contributed by atoms with Gasteiger partial charge in [-0.1, -0.05) is 11.6 Å². The van der Waals surface area contributed by atoms with Crippen LogP contribution in [-0.2, 0) is 15.9 Å². The number of rotatable bonds is 11. The summed E-state index contributed by atoms with van der Waals surface area (Å²) in [5.74, 6) is 0.115. The lowest BCUT2D eigenvalue weighted by atomic mass is 9.94. The smallest absolute Gasteiger partial charge is 0.364 e. The number of carbonyl (C=O) groups is 1. The van der Waals surface area contributed by atoms with Gasteiger partial charge in [-0.25, -0.2) is 4.79 Å². The lowest BCUT2D eigenvalue weighted by molar-refractivity contribution is -0.233. The van der Waals surface area contributed by atoms with Crippen molar-refractivity contribution in [2.45, 2.75) is 78.3 Å². The minimum Gasteiger partial charge on any atom is -0.508 e. The standard InChI is InChI=1S/C33H41NO9/c1-19(2)8-9-21-18-22(10-12-24(21)36)31(37)34-28-30(40-17-7-16-35)23-11-13-25(20(3)29(23)42-32(28)38)41-27-15-14-26(39-6)33(4,5)43-27/h8,10-13,18,26-27,35-36H,7,9,14-17H2,1-6H3,(H,34,37). The van der Waals surface area contributed by atoms with E-state index in [9.17, 15) is 19.8 Å². The predicted molar refractivity (Wildman–Crippen MR) is 163 cm³/mol. The van der Waals surface area contributed by atoms with Crippen molar-refractivity contribution < 1.29 is 38.4 Å². The number of anilines is 1. The first-order valence-electron chi connectivity index (χ1n) is 14.4. The molecule has 2 aromatic carbocycles. The number of phenols is 1. The lowest BCUT2D eigenvalue weighted by Gasteiger charge is -2.41. The zero-order chi connectivity index (χ0) is 31.3. The van der Waals surface area contributed by atoms with Crippen LogP contribution in [0.1, 0.15) is 68.4 Å². The fraction of sp³-hybridized carbons (Fsp3) is 0.455. The number of phenolic OH excluding ortho intramolecular Hbond substituents is 1. The molecular formula is C33H41NO9. The van der Waals surface area contributed by atoms with E-state index in [2.05, 4.69) is 5.32 Å². The number of aromatic hydroxyl groups is 1. The Morgan fingerprint density at radius 2 is 1.95 bits per heavy atom. The normalized spacial score (nSPS) is 17.8. The topological polar surface area (TPSA) is 137 Å². The molecule has 2 heterocycles. The molecule has 1 aromatic heterocycles. The van der Waals surface area contributed by atoms with Crippen LogP contribution >= 0.6 is 0 Å². The average Bonchev–Trinajstić information content (AvgIpc) is 2.95. The first-order chi connectivity index (χ1) is 20.4. The summed E-state index contributed by atoms with van der Waals surface area (Å²) in [5, 5.41) is 22.7. The molecule has 2 atom stereocenters. The van der Waals surface area contributed by atoms with Crippen molar-refractivity contribution in [3.63, 3.8) is 0 Å². The highest BCUT2D eigenvalue weighted by molar-refractivity contribution is 6.06. The van der Waals surface area contributed by atoms with Crippen LogP contribution in [0.2, 0.25) is 0 Å². The van der Waals surface area contributed by atoms with E-state index in [1.807, 2.05) is 33.8 Å². The first-order valence-corrected chi connectivity index (χ1v) is 14.4. The second-order valence-electron chi connectivity index (χ2n) is 11.4. The van der Waals surface area contributed by atoms with E-state index in [-0.39, 0.29) is 47.7 Å². The van der Waals surface area contributed by atoms with E-state index in [0.717, 1.165) is 12.0 Å². The summed E-state index contributed by atoms with van der Waals surface area (Å²) < 4.78 is 29.6. The van der Waals surface area contributed by atoms with Gasteiger partial charge in [0.2, 0.25) is 6.29 Å². The van der Waals surface area contributed by atoms with Gasteiger partial charge >= 0.3 is 5.63 Å². The van der Waals surface area contributed by atoms with Crippen molar-refractivity contribution in [1.29, 1.82) is 0 Å². The van der Waals surface area contributed by atoms with Crippen LogP contribution in [0.25, 0.3) is 11.0 Å². The number of aliphatic hydroxyl groups is 1. The highest BCUT2D eigenvalue weighted by atomic mass is 16.7. The number of carbonyl (C=O) groups excluding carboxylic acids is 1. The SMILES string of the molecule is COC1CCC(Oc2ccc3c(OCCCO)c(NC(=O)c4ccc(O)c(CC=C(C)C)c4)c(=O)oc3c2C)OC1(C)C. The number of aryl methyl sites for hydroxylation is 1. The number of hydrogen-bond donors (Lipinski definition) is 3. The molecule has 0 bridgehead atoms. The molecule has 3 aromatic rings. The summed E-state index contributed by atoms with van der Waals surface area (Å²) >= 11 is 0. The number of ether oxygens (including phenoxy) is 4. The summed E-state index contributed by atoms with van der Waals surface area (Å²) in [6.45, 7) is 9.57. The Morgan fingerprint density at radius 1 is 1.19 bits per heavy atom. The van der Waals surface area contributed by atoms with Gasteiger partial charge in [0.05, 0.1) is 23.7 Å². The Morgan fingerprint density at radius 3 is 2.63 bits per heavy atom. The maximum Gasteiger partial charge on any atom is 0.364 e. The van der Waals surface area contributed by atoms with Crippen LogP contribution < -0.4 is 20.4 Å². The molecule has 1 amide bonds. The van der Waals surface area contributed by atoms with Crippen molar-refractivity contribution in [2.24, 2.45) is 0 Å². The van der Waals surface area contributed by atoms with Gasteiger partial charge in [0, 0.05) is 37.7 Å². The van der Waals surface area contributed by atoms with E-state index in [1.165, 1.54) is 12.1 Å². The van der Waals surface area contributed by atoms with Crippen LogP contribution in [0, 0.1) is 6.92 Å². The third kappa shape index (κ3) is 7.38. The van der Waals surface area contributed by atoms with Crippen molar-refractivity contribution in [2.75, 3.05) is 25.6 Å². The van der Waals surface area contributed by atoms with Crippen molar-refractivity contribution in [3.8, 4) is 17.2 Å². The number of allylic oxidation sites excluding steroid dienone is 2. The molecule has 43 heavy (non-hydrogen) atoms. The van der Waals surface area contributed by atoms with E-state index in [4.69, 9.17) is 23.4 Å². The van der Waals surface area contributed by atoms with Crippen molar-refractivity contribution >= 4 is 22.6 Å². The van der Waals surface area contributed by atoms with Gasteiger partial charge in [-0.15, -0.1) is 0 Å². The molecular weight excluding hydrogens is 554 g/mol. The minimum absolute atomic E-state index is 0.0547. The molecule has 10 nitrogen and oxygen atoms in total. The summed E-state index contributed by atoms with van der Waals surface area (Å²) in [6, 6.07) is 7.95. The highest BCUT2D eigenvalue weighted by Crippen LogP contribution is 2.38. The van der Waals surface area contributed by atoms with Gasteiger partial charge in [0.1, 0.15) is 17.1 Å². The Balaban J connectivity index is 1.68. The third-order valence-electron chi connectivity index (χ3n) is 7.50. The summed E-state index contributed by atoms with van der Waals surface area (Å²) in [5.41, 5.74) is 1.21. The van der Waals surface area contributed by atoms with E-state index in [1.54, 1.807) is 32.2 Å². The van der Waals surface area contributed by atoms with Crippen LogP contribution in [0.5, 0.6) is 17.2 Å². The van der Waals surface area contributed by atoms with E-state index >= 15 is 0 Å². The molecule has 1 fully saturated rings. The molecule has 0 aliphatic carbocycles. The van der Waals surface area contributed by atoms with Gasteiger partial charge < -0.3 is 38.9 Å². The molecule has 232 valence electrons. The zero-order valence-corrected chi connectivity index (χ0v) is 25.6. The maximum atomic E-state index is 13.3. The van der Waals surface area contributed by atoms with Crippen molar-refractivity contribution in [3.05, 3.63) is 69.1 Å². The number of fused-ring (bicyclic) bond motifs is 1. The Hall–Kier alpha value is -3.86. The van der Waals surface area contributed by atoms with Crippen LogP contribution in [0.15, 0.2) is 51.2 Å². The highest BCUT2D eigenvalue weighted by Gasteiger charge is 2.39. The molecule has 1 aliphatic rings. The Kier molecular flexibility index (Phi) is 10.2. The third-order valence-corrected chi connectivity index (χ3v) is 7.50. The molecule has 3 N–H and O–H groups in total. The maximum absolute atomic E-state index is 13.3. The second-order valence-corrected chi connectivity index (χ2v) is 11.4. The van der Waals surface area contributed by atoms with Gasteiger partial charge in [0.25, 0.3) is 5.91 Å². The molecule has 4 rings (SSSR count). The van der Waals surface area contributed by atoms with Gasteiger partial charge in [-0.05, 0) is 83.4 Å². The Labute approximate surface area is 251 Å². The van der Waals surface area contributed by atoms with Crippen LogP contribution in [0.3, 0.4) is 0 Å². The lowest BCUT2D eigenvalue weighted by Crippen LogP contribution is -2.49. The number of hydrogen-bond acceptors (Lipinski definition) is 9. The molecule has 0 radical (unpaired) electrons. The Bertz CT molecular complexity index is 1550. The molecule has 10 heteroatoms. The van der Waals surface area contributed by atoms with Gasteiger partial charge in [0.15, 0.2) is 11.4 Å². The number of amides is 1. The monoisotopic (exact) mass is 595 g/mol. The molecule has 0 spiro atoms. The first kappa shape index (κ1) is 32.1. The molecule has 0 saturated carbocycles. The van der Waals surface area contributed by atoms with E-state index in [0.29, 0.717) is 41.5 Å². The fourth-order valence-electron chi connectivity index (χ4n) is 5.10. The summed E-state index contributed by atoms with van der Waals surface area (Å²) in [7, 11) is 1.66. The molecule has 2 unspecified atom stereocenters. The predicted octanol–water partition coefficient (Wildman–Crippen LogP) is 5.64. The molecule has 1 saturated heterocycles. The number of aliphatic hydroxyl groups excluding tert-OH is 1. The van der Waals surface area contributed by atoms with Crippen LogP contribution in [-0.4, -0.2) is 54.4 Å². The fourth-order valence-corrected chi connectivity index (χ4v) is 5.10. The van der Waals surface area contributed by atoms with E-state index < -0.39 is 23.4 Å². The number of nitrogens with one attached hydrogen (secondary N) is 1. The quantitative estimate of drug-likeness (QED) is 0.146. The number of methoxy groups -OCH3 is 1. The number of benzene rings is 2. The zero-order valence-electron chi connectivity index (χ0n) is 25.6. The molecule has 1 aliphatic heterocycles. The van der Waals surface area contributed by atoms with Crippen molar-refractivity contribution in [1.82, 2.24) is 0 Å². The van der Waals surface area contributed by atoms with Gasteiger partial charge in [-0.3, -0.25) is 4.79 Å². The largest absolute Gasteiger partial charge is 0.508 e. The van der Waals surface area contributed by atoms with Gasteiger partial charge in [-0.2, -0.15) is 0 Å². The summed E-state index contributed by atoms with van der Waals surface area (Å²) in [6.07, 6.45) is 3.52. The second kappa shape index (κ2) is 13.6.